The summed E-state index contributed by atoms with van der Waals surface area (Å²) in [6.45, 7) is 0. The van der Waals surface area contributed by atoms with E-state index < -0.39 is 6.04 Å². The predicted octanol–water partition coefficient (Wildman–Crippen LogP) is 2.74. The van der Waals surface area contributed by atoms with Crippen LogP contribution in [-0.4, -0.2) is 12.0 Å². The Labute approximate surface area is 113 Å². The van der Waals surface area contributed by atoms with Gasteiger partial charge in [0.1, 0.15) is 11.8 Å². The van der Waals surface area contributed by atoms with E-state index in [9.17, 15) is 4.79 Å². The van der Waals surface area contributed by atoms with E-state index in [1.165, 1.54) is 25.7 Å². The smallest absolute Gasteiger partial charge is 0.245 e. The number of rotatable bonds is 2. The van der Waals surface area contributed by atoms with E-state index in [0.717, 1.165) is 29.8 Å². The van der Waals surface area contributed by atoms with E-state index in [1.54, 1.807) is 0 Å². The van der Waals surface area contributed by atoms with Crippen LogP contribution in [0.2, 0.25) is 0 Å². The number of benzene rings is 1. The van der Waals surface area contributed by atoms with E-state index in [4.69, 9.17) is 10.5 Å². The Morgan fingerprint density at radius 3 is 2.63 bits per heavy atom. The third kappa shape index (κ3) is 2.59. The molecule has 1 aromatic carbocycles. The fourth-order valence-corrected chi connectivity index (χ4v) is 2.89. The normalized spacial score (nSPS) is 23.6. The molecule has 1 heterocycles. The fourth-order valence-electron chi connectivity index (χ4n) is 2.89. The number of nitrogens with one attached hydrogen (secondary N) is 1. The molecule has 1 unspecified atom stereocenters. The Morgan fingerprint density at radius 2 is 1.89 bits per heavy atom. The lowest BCUT2D eigenvalue weighted by Crippen LogP contribution is -2.19. The van der Waals surface area contributed by atoms with Crippen LogP contribution in [0.15, 0.2) is 18.2 Å². The summed E-state index contributed by atoms with van der Waals surface area (Å²) in [4.78, 5) is 11.5. The third-order valence-corrected chi connectivity index (χ3v) is 4.01. The molecular weight excluding hydrogens is 240 g/mol. The van der Waals surface area contributed by atoms with Gasteiger partial charge in [-0.05, 0) is 31.7 Å². The summed E-state index contributed by atoms with van der Waals surface area (Å²) in [6.07, 6.45) is 7.69. The van der Waals surface area contributed by atoms with E-state index >= 15 is 0 Å². The first-order chi connectivity index (χ1) is 9.24. The molecule has 0 bridgehead atoms. The highest BCUT2D eigenvalue weighted by atomic mass is 16.5. The van der Waals surface area contributed by atoms with Crippen LogP contribution < -0.4 is 15.8 Å². The van der Waals surface area contributed by atoms with Crippen LogP contribution in [-0.2, 0) is 4.79 Å². The minimum absolute atomic E-state index is 0.137. The van der Waals surface area contributed by atoms with Gasteiger partial charge in [-0.3, -0.25) is 4.79 Å². The molecule has 1 saturated carbocycles. The molecule has 0 aromatic heterocycles. The fraction of sp³-hybridized carbons (Fsp3) is 0.533. The number of hydrogen-bond donors (Lipinski definition) is 2. The molecule has 1 aromatic rings. The van der Waals surface area contributed by atoms with Crippen molar-refractivity contribution in [3.8, 4) is 5.75 Å². The average Bonchev–Trinajstić information content (AvgIpc) is 2.60. The second-order valence-corrected chi connectivity index (χ2v) is 5.45. The molecule has 19 heavy (non-hydrogen) atoms. The van der Waals surface area contributed by atoms with Gasteiger partial charge in [0, 0.05) is 17.3 Å². The van der Waals surface area contributed by atoms with Crippen molar-refractivity contribution < 1.29 is 9.53 Å². The van der Waals surface area contributed by atoms with Crippen molar-refractivity contribution in [3.63, 3.8) is 0 Å². The zero-order chi connectivity index (χ0) is 13.2. The molecule has 3 N–H and O–H groups in total. The van der Waals surface area contributed by atoms with Crippen LogP contribution in [0, 0.1) is 0 Å². The highest BCUT2D eigenvalue weighted by Crippen LogP contribution is 2.33. The first-order valence-electron chi connectivity index (χ1n) is 7.11. The van der Waals surface area contributed by atoms with Gasteiger partial charge in [-0.1, -0.05) is 18.9 Å². The van der Waals surface area contributed by atoms with Gasteiger partial charge in [0.25, 0.3) is 0 Å². The molecule has 0 saturated heterocycles. The highest BCUT2D eigenvalue weighted by molar-refractivity contribution is 6.02. The summed E-state index contributed by atoms with van der Waals surface area (Å²) in [5.74, 6) is 0.696. The molecule has 1 aliphatic heterocycles. The Balaban J connectivity index is 1.72. The van der Waals surface area contributed by atoms with Gasteiger partial charge in [-0.15, -0.1) is 0 Å². The molecule has 2 aliphatic rings. The first kappa shape index (κ1) is 12.5. The highest BCUT2D eigenvalue weighted by Gasteiger charge is 2.27. The molecule has 4 nitrogen and oxygen atoms in total. The number of hydrogen-bond acceptors (Lipinski definition) is 3. The van der Waals surface area contributed by atoms with Crippen molar-refractivity contribution in [2.24, 2.45) is 5.73 Å². The number of amides is 1. The first-order valence-corrected chi connectivity index (χ1v) is 7.11. The number of anilines is 1. The number of carbonyl (C=O) groups is 1. The third-order valence-electron chi connectivity index (χ3n) is 4.01. The molecule has 1 amide bonds. The SMILES string of the molecule is NC1C(=O)Nc2cc(OC3CCCCCC3)ccc21. The lowest BCUT2D eigenvalue weighted by atomic mass is 10.1. The van der Waals surface area contributed by atoms with Crippen LogP contribution in [0.1, 0.15) is 50.1 Å². The summed E-state index contributed by atoms with van der Waals surface area (Å²) in [7, 11) is 0. The van der Waals surface area contributed by atoms with Gasteiger partial charge in [0.15, 0.2) is 0 Å². The Morgan fingerprint density at radius 1 is 1.16 bits per heavy atom. The van der Waals surface area contributed by atoms with Gasteiger partial charge in [0.2, 0.25) is 5.91 Å². The maximum absolute atomic E-state index is 11.5. The van der Waals surface area contributed by atoms with Crippen molar-refractivity contribution >= 4 is 11.6 Å². The maximum atomic E-state index is 11.5. The number of ether oxygens (including phenoxy) is 1. The summed E-state index contributed by atoms with van der Waals surface area (Å²) in [6, 6.07) is 5.17. The van der Waals surface area contributed by atoms with Crippen molar-refractivity contribution in [1.29, 1.82) is 0 Å². The Hall–Kier alpha value is -1.55. The largest absolute Gasteiger partial charge is 0.490 e. The second kappa shape index (κ2) is 5.21. The van der Waals surface area contributed by atoms with Crippen molar-refractivity contribution in [2.75, 3.05) is 5.32 Å². The van der Waals surface area contributed by atoms with E-state index in [0.29, 0.717) is 6.10 Å². The number of carbonyl (C=O) groups excluding carboxylic acids is 1. The molecule has 102 valence electrons. The minimum Gasteiger partial charge on any atom is -0.490 e. The second-order valence-electron chi connectivity index (χ2n) is 5.45. The van der Waals surface area contributed by atoms with Gasteiger partial charge >= 0.3 is 0 Å². The number of nitrogens with two attached hydrogens (primary N) is 1. The molecule has 1 fully saturated rings. The minimum atomic E-state index is -0.540. The van der Waals surface area contributed by atoms with Gasteiger partial charge in [0.05, 0.1) is 6.10 Å². The Bertz CT molecular complexity index is 479. The van der Waals surface area contributed by atoms with Crippen LogP contribution >= 0.6 is 0 Å². The summed E-state index contributed by atoms with van der Waals surface area (Å²) in [5.41, 5.74) is 7.45. The molecule has 1 atom stereocenters. The van der Waals surface area contributed by atoms with Crippen molar-refractivity contribution in [1.82, 2.24) is 0 Å². The van der Waals surface area contributed by atoms with Crippen molar-refractivity contribution in [3.05, 3.63) is 23.8 Å². The standard InChI is InChI=1S/C15H20N2O2/c16-14-12-8-7-11(9-13(12)17-15(14)18)19-10-5-3-1-2-4-6-10/h7-10,14H,1-6,16H2,(H,17,18). The maximum Gasteiger partial charge on any atom is 0.245 e. The topological polar surface area (TPSA) is 64.4 Å². The van der Waals surface area contributed by atoms with Gasteiger partial charge in [-0.2, -0.15) is 0 Å². The Kier molecular flexibility index (Phi) is 3.42. The lowest BCUT2D eigenvalue weighted by molar-refractivity contribution is -0.116. The van der Waals surface area contributed by atoms with E-state index in [-0.39, 0.29) is 5.91 Å². The summed E-state index contributed by atoms with van der Waals surface area (Å²) in [5, 5.41) is 2.79. The van der Waals surface area contributed by atoms with Crippen LogP contribution in [0.25, 0.3) is 0 Å². The summed E-state index contributed by atoms with van der Waals surface area (Å²) < 4.78 is 6.04. The molecule has 1 aliphatic carbocycles. The van der Waals surface area contributed by atoms with Crippen LogP contribution in [0.4, 0.5) is 5.69 Å². The quantitative estimate of drug-likeness (QED) is 0.804. The molecule has 4 heteroatoms. The van der Waals surface area contributed by atoms with E-state index in [2.05, 4.69) is 5.32 Å². The molecule has 0 spiro atoms. The van der Waals surface area contributed by atoms with Gasteiger partial charge < -0.3 is 15.8 Å². The lowest BCUT2D eigenvalue weighted by Gasteiger charge is -2.17. The molecular formula is C15H20N2O2. The molecule has 0 radical (unpaired) electrons. The van der Waals surface area contributed by atoms with Crippen molar-refractivity contribution in [2.45, 2.75) is 50.7 Å². The average molecular weight is 260 g/mol. The van der Waals surface area contributed by atoms with Gasteiger partial charge in [-0.25, -0.2) is 0 Å². The predicted molar refractivity (Wildman–Crippen MR) is 74.1 cm³/mol. The van der Waals surface area contributed by atoms with E-state index in [1.807, 2.05) is 18.2 Å². The molecule has 3 rings (SSSR count). The monoisotopic (exact) mass is 260 g/mol. The zero-order valence-corrected chi connectivity index (χ0v) is 11.0. The zero-order valence-electron chi connectivity index (χ0n) is 11.0. The number of fused-ring (bicyclic) bond motifs is 1. The van der Waals surface area contributed by atoms with Crippen LogP contribution in [0.5, 0.6) is 5.75 Å². The summed E-state index contributed by atoms with van der Waals surface area (Å²) >= 11 is 0. The van der Waals surface area contributed by atoms with Crippen LogP contribution in [0.3, 0.4) is 0 Å².